The highest BCUT2D eigenvalue weighted by molar-refractivity contribution is 7.98. The summed E-state index contributed by atoms with van der Waals surface area (Å²) in [6.07, 6.45) is 11.9. The molecular formula is C41H58N8S3. The van der Waals surface area contributed by atoms with Crippen molar-refractivity contribution in [2.75, 3.05) is 70.5 Å². The number of rotatable bonds is 7. The zero-order valence-electron chi connectivity index (χ0n) is 32.2. The Morgan fingerprint density at radius 3 is 1.87 bits per heavy atom. The highest BCUT2D eigenvalue weighted by atomic mass is 32.2. The molecule has 0 spiro atoms. The Morgan fingerprint density at radius 1 is 0.750 bits per heavy atom. The Balaban J connectivity index is 0.000000162. The van der Waals surface area contributed by atoms with Gasteiger partial charge in [-0.15, -0.1) is 11.8 Å². The van der Waals surface area contributed by atoms with Crippen molar-refractivity contribution < 1.29 is 0 Å². The Bertz CT molecular complexity index is 1920. The third-order valence-corrected chi connectivity index (χ3v) is 14.0. The molecule has 8 nitrogen and oxygen atoms in total. The van der Waals surface area contributed by atoms with Gasteiger partial charge in [0, 0.05) is 67.1 Å². The summed E-state index contributed by atoms with van der Waals surface area (Å²) in [5.74, 6) is 1.32. The van der Waals surface area contributed by atoms with E-state index in [4.69, 9.17) is 24.4 Å². The predicted octanol–water partition coefficient (Wildman–Crippen LogP) is 7.81. The second kappa shape index (κ2) is 15.9. The van der Waals surface area contributed by atoms with Crippen molar-refractivity contribution in [3.05, 3.63) is 64.8 Å². The fourth-order valence-electron chi connectivity index (χ4n) is 9.77. The van der Waals surface area contributed by atoms with Gasteiger partial charge in [-0.05, 0) is 158 Å². The number of likely N-dealkylation sites (tertiary alicyclic amines) is 2. The molecule has 2 aliphatic carbocycles. The second-order valence-corrected chi connectivity index (χ2v) is 16.6. The van der Waals surface area contributed by atoms with Crippen LogP contribution in [-0.2, 0) is 12.8 Å². The minimum absolute atomic E-state index is 0.619. The van der Waals surface area contributed by atoms with Crippen molar-refractivity contribution in [2.24, 2.45) is 0 Å². The maximum absolute atomic E-state index is 5.72. The number of nitrogens with zero attached hydrogens (tertiary/aromatic N) is 6. The van der Waals surface area contributed by atoms with Gasteiger partial charge in [-0.1, -0.05) is 24.3 Å². The van der Waals surface area contributed by atoms with Crippen LogP contribution in [0.5, 0.6) is 0 Å². The number of fused-ring (bicyclic) bond motifs is 4. The SMILES string of the molecule is CCN(CC)C(=S)Nn1c(SC)c2c3c(cccc31)[C@H]1CCCN(C)[C@@H]1C2.CCN(CC)C(=S)Nn1cc2c3c(cccc31)[C@H]1CCCN(C)[C@@H]1C2. The molecule has 0 amide bonds. The molecule has 2 saturated heterocycles. The van der Waals surface area contributed by atoms with E-state index in [-0.39, 0.29) is 0 Å². The molecule has 4 heterocycles. The van der Waals surface area contributed by atoms with E-state index in [1.165, 1.54) is 87.9 Å². The number of aromatic nitrogens is 2. The lowest BCUT2D eigenvalue weighted by molar-refractivity contribution is 0.156. The first kappa shape index (κ1) is 37.5. The molecule has 4 aliphatic rings. The highest BCUT2D eigenvalue weighted by Gasteiger charge is 2.39. The molecule has 4 aromatic rings. The van der Waals surface area contributed by atoms with Crippen molar-refractivity contribution >= 4 is 68.2 Å². The number of nitrogens with one attached hydrogen (secondary N) is 2. The lowest BCUT2D eigenvalue weighted by Gasteiger charge is -2.42. The van der Waals surface area contributed by atoms with Crippen molar-refractivity contribution in [3.8, 4) is 0 Å². The van der Waals surface area contributed by atoms with E-state index < -0.39 is 0 Å². The average Bonchev–Trinajstić information content (AvgIpc) is 3.66. The van der Waals surface area contributed by atoms with Crippen molar-refractivity contribution in [1.29, 1.82) is 0 Å². The van der Waals surface area contributed by atoms with E-state index in [1.807, 2.05) is 11.8 Å². The maximum atomic E-state index is 5.72. The number of hydrogen-bond donors (Lipinski definition) is 2. The molecule has 8 rings (SSSR count). The number of thioether (sulfide) groups is 1. The average molecular weight is 759 g/mol. The van der Waals surface area contributed by atoms with Gasteiger partial charge < -0.3 is 19.6 Å². The summed E-state index contributed by atoms with van der Waals surface area (Å²) < 4.78 is 4.39. The van der Waals surface area contributed by atoms with Crippen LogP contribution in [0.4, 0.5) is 0 Å². The van der Waals surface area contributed by atoms with Gasteiger partial charge >= 0.3 is 0 Å². The number of hydrogen-bond acceptors (Lipinski definition) is 5. The lowest BCUT2D eigenvalue weighted by Crippen LogP contribution is -2.44. The summed E-state index contributed by atoms with van der Waals surface area (Å²) in [6, 6.07) is 14.8. The molecule has 2 aromatic heterocycles. The maximum Gasteiger partial charge on any atom is 0.188 e. The zero-order valence-corrected chi connectivity index (χ0v) is 34.7. The molecule has 0 unspecified atom stereocenters. The summed E-state index contributed by atoms with van der Waals surface area (Å²) in [5.41, 5.74) is 15.5. The zero-order chi connectivity index (χ0) is 36.7. The van der Waals surface area contributed by atoms with Crippen LogP contribution in [0.15, 0.2) is 47.6 Å². The topological polar surface area (TPSA) is 46.9 Å². The second-order valence-electron chi connectivity index (χ2n) is 15.0. The summed E-state index contributed by atoms with van der Waals surface area (Å²) in [7, 11) is 4.58. The first-order valence-corrected chi connectivity index (χ1v) is 21.6. The van der Waals surface area contributed by atoms with Gasteiger partial charge in [0.25, 0.3) is 0 Å². The van der Waals surface area contributed by atoms with Crippen LogP contribution in [0.3, 0.4) is 0 Å². The van der Waals surface area contributed by atoms with Gasteiger partial charge in [-0.25, -0.2) is 4.68 Å². The monoisotopic (exact) mass is 758 g/mol. The van der Waals surface area contributed by atoms with E-state index in [0.29, 0.717) is 23.9 Å². The molecule has 11 heteroatoms. The van der Waals surface area contributed by atoms with Crippen LogP contribution in [0.2, 0.25) is 0 Å². The molecule has 280 valence electrons. The normalized spacial score (nSPS) is 22.3. The predicted molar refractivity (Wildman–Crippen MR) is 230 cm³/mol. The van der Waals surface area contributed by atoms with Crippen LogP contribution >= 0.6 is 36.2 Å². The van der Waals surface area contributed by atoms with Crippen LogP contribution in [0.25, 0.3) is 21.8 Å². The first-order valence-electron chi connectivity index (χ1n) is 19.6. The van der Waals surface area contributed by atoms with Gasteiger partial charge in [-0.3, -0.25) is 15.5 Å². The fraction of sp³-hybridized carbons (Fsp3) is 0.561. The number of benzene rings is 2. The molecule has 2 aliphatic heterocycles. The lowest BCUT2D eigenvalue weighted by atomic mass is 9.75. The van der Waals surface area contributed by atoms with E-state index in [9.17, 15) is 0 Å². The van der Waals surface area contributed by atoms with Crippen LogP contribution in [0, 0.1) is 0 Å². The summed E-state index contributed by atoms with van der Waals surface area (Å²) >= 11 is 13.2. The van der Waals surface area contributed by atoms with Gasteiger partial charge in [0.1, 0.15) is 0 Å². The minimum atomic E-state index is 0.619. The number of likely N-dealkylation sites (N-methyl/N-ethyl adjacent to an activating group) is 2. The van der Waals surface area contributed by atoms with Crippen molar-refractivity contribution in [3.63, 3.8) is 0 Å². The summed E-state index contributed by atoms with van der Waals surface area (Å²) in [5, 5.41) is 5.83. The van der Waals surface area contributed by atoms with E-state index in [2.05, 4.69) is 130 Å². The fourth-order valence-corrected chi connectivity index (χ4v) is 11.2. The van der Waals surface area contributed by atoms with Gasteiger partial charge in [0.2, 0.25) is 0 Å². The standard InChI is InChI=1S/C21H30N4S2.C20H28N4S/c1-5-24(6-2)21(26)22-25-17-11-7-9-15-14-10-8-12-23(3)18(14)13-16(19(15)17)20(25)27-4;1-4-23(5-2)20(25)21-24-13-14-12-18-15(9-7-11-22(18)3)16-8-6-10-17(24)19(14)16/h7,9,11,14,18H,5-6,8,10,12-13H2,1-4H3,(H,22,26);6,8,10,13,15,18H,4-5,7,9,11-12H2,1-3H3,(H,21,25)/t14-,18-;15-,18-/m11/s1. The largest absolute Gasteiger partial charge is 0.348 e. The first-order chi connectivity index (χ1) is 25.2. The van der Waals surface area contributed by atoms with Gasteiger partial charge in [-0.2, -0.15) is 0 Å². The van der Waals surface area contributed by atoms with Crippen LogP contribution in [-0.4, -0.2) is 111 Å². The van der Waals surface area contributed by atoms with Gasteiger partial charge in [0.05, 0.1) is 16.1 Å². The third-order valence-electron chi connectivity index (χ3n) is 12.5. The number of piperidine rings is 2. The minimum Gasteiger partial charge on any atom is -0.348 e. The molecule has 0 saturated carbocycles. The van der Waals surface area contributed by atoms with Crippen molar-refractivity contribution in [1.82, 2.24) is 29.0 Å². The Kier molecular flexibility index (Phi) is 11.4. The highest BCUT2D eigenvalue weighted by Crippen LogP contribution is 2.47. The van der Waals surface area contributed by atoms with Gasteiger partial charge in [0.15, 0.2) is 10.2 Å². The van der Waals surface area contributed by atoms with E-state index >= 15 is 0 Å². The molecule has 2 fully saturated rings. The Morgan fingerprint density at radius 2 is 1.29 bits per heavy atom. The molecule has 0 bridgehead atoms. The van der Waals surface area contributed by atoms with Crippen LogP contribution < -0.4 is 10.9 Å². The third kappa shape index (κ3) is 6.63. The number of thiocarbonyl (C=S) groups is 2. The molecule has 4 atom stereocenters. The van der Waals surface area contributed by atoms with Crippen LogP contribution in [0.1, 0.15) is 87.5 Å². The molecule has 2 N–H and O–H groups in total. The smallest absolute Gasteiger partial charge is 0.188 e. The molecular weight excluding hydrogens is 701 g/mol. The molecule has 2 aromatic carbocycles. The molecule has 52 heavy (non-hydrogen) atoms. The molecule has 0 radical (unpaired) electrons. The van der Waals surface area contributed by atoms with Crippen molar-refractivity contribution in [2.45, 2.75) is 95.2 Å². The summed E-state index contributed by atoms with van der Waals surface area (Å²) in [4.78, 5) is 9.51. The quantitative estimate of drug-likeness (QED) is 0.145. The summed E-state index contributed by atoms with van der Waals surface area (Å²) in [6.45, 7) is 14.7. The van der Waals surface area contributed by atoms with E-state index in [1.54, 1.807) is 0 Å². The Labute approximate surface area is 326 Å². The Hall–Kier alpha value is -2.83. The van der Waals surface area contributed by atoms with E-state index in [0.717, 1.165) is 49.2 Å².